The molecular weight excluding hydrogens is 188 g/mol. The van der Waals surface area contributed by atoms with Gasteiger partial charge in [0.1, 0.15) is 0 Å². The number of carbonyl (C=O) groups excluding carboxylic acids is 1. The zero-order valence-electron chi connectivity index (χ0n) is 9.85. The highest BCUT2D eigenvalue weighted by molar-refractivity contribution is 5.77. The monoisotopic (exact) mass is 212 g/mol. The van der Waals surface area contributed by atoms with Crippen LogP contribution in [0.5, 0.6) is 0 Å². The fraction of sp³-hybridized carbons (Fsp3) is 0.917. The van der Waals surface area contributed by atoms with E-state index in [1.54, 1.807) is 0 Å². The van der Waals surface area contributed by atoms with E-state index >= 15 is 0 Å². The van der Waals surface area contributed by atoms with Gasteiger partial charge in [0.2, 0.25) is 5.91 Å². The van der Waals surface area contributed by atoms with Gasteiger partial charge in [0, 0.05) is 6.54 Å². The lowest BCUT2D eigenvalue weighted by Gasteiger charge is -2.05. The molecule has 0 spiro atoms. The number of hydrogen-bond acceptors (Lipinski definition) is 2. The smallest absolute Gasteiger partial charge is 0.233 e. The molecule has 3 heteroatoms. The van der Waals surface area contributed by atoms with Crippen LogP contribution >= 0.6 is 0 Å². The summed E-state index contributed by atoms with van der Waals surface area (Å²) in [4.78, 5) is 11.3. The molecule has 88 valence electrons. The minimum atomic E-state index is 0.146. The average Bonchev–Trinajstić information content (AvgIpc) is 3.01. The standard InChI is InChI=1S/C12H24N2O/c1-2-3-4-5-8-14-12(15)10-13-9-11-6-7-11/h11,13H,2-10H2,1H3,(H,14,15). The first-order chi connectivity index (χ1) is 7.33. The highest BCUT2D eigenvalue weighted by Crippen LogP contribution is 2.27. The quantitative estimate of drug-likeness (QED) is 0.571. The van der Waals surface area contributed by atoms with E-state index in [1.807, 2.05) is 0 Å². The van der Waals surface area contributed by atoms with Crippen LogP contribution in [0.4, 0.5) is 0 Å². The lowest BCUT2D eigenvalue weighted by molar-refractivity contribution is -0.120. The van der Waals surface area contributed by atoms with Crippen molar-refractivity contribution in [2.24, 2.45) is 5.92 Å². The third kappa shape index (κ3) is 7.37. The van der Waals surface area contributed by atoms with Crippen LogP contribution in [0.1, 0.15) is 45.4 Å². The second kappa shape index (κ2) is 7.69. The Bertz CT molecular complexity index is 178. The summed E-state index contributed by atoms with van der Waals surface area (Å²) < 4.78 is 0. The fourth-order valence-electron chi connectivity index (χ4n) is 1.55. The predicted octanol–water partition coefficient (Wildman–Crippen LogP) is 1.68. The molecule has 0 radical (unpaired) electrons. The second-order valence-corrected chi connectivity index (χ2v) is 4.48. The molecule has 0 aromatic rings. The molecule has 0 saturated heterocycles. The number of rotatable bonds is 9. The van der Waals surface area contributed by atoms with Gasteiger partial charge in [-0.05, 0) is 31.7 Å². The Morgan fingerprint density at radius 3 is 2.73 bits per heavy atom. The minimum Gasteiger partial charge on any atom is -0.355 e. The number of hydrogen-bond donors (Lipinski definition) is 2. The molecule has 1 rings (SSSR count). The van der Waals surface area contributed by atoms with E-state index in [9.17, 15) is 4.79 Å². The van der Waals surface area contributed by atoms with Crippen molar-refractivity contribution in [3.8, 4) is 0 Å². The van der Waals surface area contributed by atoms with Crippen molar-refractivity contribution >= 4 is 5.91 Å². The van der Waals surface area contributed by atoms with Gasteiger partial charge >= 0.3 is 0 Å². The van der Waals surface area contributed by atoms with Gasteiger partial charge in [-0.2, -0.15) is 0 Å². The zero-order valence-corrected chi connectivity index (χ0v) is 9.85. The van der Waals surface area contributed by atoms with E-state index < -0.39 is 0 Å². The van der Waals surface area contributed by atoms with E-state index in [4.69, 9.17) is 0 Å². The maximum Gasteiger partial charge on any atom is 0.233 e. The van der Waals surface area contributed by atoms with Crippen molar-refractivity contribution in [3.63, 3.8) is 0 Å². The van der Waals surface area contributed by atoms with Gasteiger partial charge in [-0.1, -0.05) is 26.2 Å². The van der Waals surface area contributed by atoms with E-state index in [0.29, 0.717) is 6.54 Å². The summed E-state index contributed by atoms with van der Waals surface area (Å²) in [5.41, 5.74) is 0. The predicted molar refractivity (Wildman–Crippen MR) is 62.7 cm³/mol. The maximum absolute atomic E-state index is 11.3. The van der Waals surface area contributed by atoms with Crippen molar-refractivity contribution < 1.29 is 4.79 Å². The second-order valence-electron chi connectivity index (χ2n) is 4.48. The van der Waals surface area contributed by atoms with Crippen LogP contribution < -0.4 is 10.6 Å². The molecule has 0 unspecified atom stereocenters. The molecule has 0 atom stereocenters. The van der Waals surface area contributed by atoms with Gasteiger partial charge in [0.25, 0.3) is 0 Å². The summed E-state index contributed by atoms with van der Waals surface area (Å²) in [5, 5.41) is 6.12. The van der Waals surface area contributed by atoms with Crippen LogP contribution in [0.2, 0.25) is 0 Å². The van der Waals surface area contributed by atoms with E-state index in [0.717, 1.165) is 25.4 Å². The Balaban J connectivity index is 1.80. The molecule has 1 saturated carbocycles. The van der Waals surface area contributed by atoms with E-state index in [2.05, 4.69) is 17.6 Å². The highest BCUT2D eigenvalue weighted by atomic mass is 16.1. The van der Waals surface area contributed by atoms with Crippen LogP contribution in [-0.4, -0.2) is 25.5 Å². The highest BCUT2D eigenvalue weighted by Gasteiger charge is 2.20. The summed E-state index contributed by atoms with van der Waals surface area (Å²) in [6, 6.07) is 0. The lowest BCUT2D eigenvalue weighted by atomic mass is 10.2. The molecule has 1 aliphatic rings. The lowest BCUT2D eigenvalue weighted by Crippen LogP contribution is -2.35. The Labute approximate surface area is 93.0 Å². The molecular formula is C12H24N2O. The summed E-state index contributed by atoms with van der Waals surface area (Å²) in [6.45, 7) is 4.54. The Kier molecular flexibility index (Phi) is 6.41. The maximum atomic E-state index is 11.3. The third-order valence-electron chi connectivity index (χ3n) is 2.77. The summed E-state index contributed by atoms with van der Waals surface area (Å²) >= 11 is 0. The normalized spacial score (nSPS) is 15.3. The molecule has 0 heterocycles. The van der Waals surface area contributed by atoms with Crippen LogP contribution in [-0.2, 0) is 4.79 Å². The van der Waals surface area contributed by atoms with E-state index in [1.165, 1.54) is 32.1 Å². The molecule has 3 nitrogen and oxygen atoms in total. The first-order valence-electron chi connectivity index (χ1n) is 6.30. The van der Waals surface area contributed by atoms with Crippen LogP contribution in [0.3, 0.4) is 0 Å². The Hall–Kier alpha value is -0.570. The minimum absolute atomic E-state index is 0.146. The largest absolute Gasteiger partial charge is 0.355 e. The third-order valence-corrected chi connectivity index (χ3v) is 2.77. The van der Waals surface area contributed by atoms with Gasteiger partial charge in [0.05, 0.1) is 6.54 Å². The summed E-state index contributed by atoms with van der Waals surface area (Å²) in [7, 11) is 0. The molecule has 1 aliphatic carbocycles. The van der Waals surface area contributed by atoms with Crippen molar-refractivity contribution in [3.05, 3.63) is 0 Å². The van der Waals surface area contributed by atoms with Gasteiger partial charge < -0.3 is 10.6 Å². The van der Waals surface area contributed by atoms with Crippen LogP contribution in [0, 0.1) is 5.92 Å². The first-order valence-corrected chi connectivity index (χ1v) is 6.30. The van der Waals surface area contributed by atoms with Crippen molar-refractivity contribution in [2.75, 3.05) is 19.6 Å². The molecule has 0 aromatic heterocycles. The van der Waals surface area contributed by atoms with E-state index in [-0.39, 0.29) is 5.91 Å². The van der Waals surface area contributed by atoms with Crippen LogP contribution in [0.25, 0.3) is 0 Å². The number of nitrogens with one attached hydrogen (secondary N) is 2. The van der Waals surface area contributed by atoms with Crippen molar-refractivity contribution in [1.29, 1.82) is 0 Å². The average molecular weight is 212 g/mol. The van der Waals surface area contributed by atoms with Gasteiger partial charge in [-0.15, -0.1) is 0 Å². The first kappa shape index (κ1) is 12.5. The Morgan fingerprint density at radius 1 is 1.27 bits per heavy atom. The number of amides is 1. The molecule has 15 heavy (non-hydrogen) atoms. The van der Waals surface area contributed by atoms with Gasteiger partial charge in [0.15, 0.2) is 0 Å². The topological polar surface area (TPSA) is 41.1 Å². The fourth-order valence-corrected chi connectivity index (χ4v) is 1.55. The van der Waals surface area contributed by atoms with Gasteiger partial charge in [-0.3, -0.25) is 4.79 Å². The van der Waals surface area contributed by atoms with Crippen molar-refractivity contribution in [1.82, 2.24) is 10.6 Å². The van der Waals surface area contributed by atoms with Crippen LogP contribution in [0.15, 0.2) is 0 Å². The zero-order chi connectivity index (χ0) is 10.9. The molecule has 1 amide bonds. The molecule has 0 bridgehead atoms. The summed E-state index contributed by atoms with van der Waals surface area (Å²) in [6.07, 6.45) is 7.54. The SMILES string of the molecule is CCCCCCNC(=O)CNCC1CC1. The molecule has 0 aromatic carbocycles. The molecule has 1 fully saturated rings. The number of unbranched alkanes of at least 4 members (excludes halogenated alkanes) is 3. The van der Waals surface area contributed by atoms with Gasteiger partial charge in [-0.25, -0.2) is 0 Å². The number of carbonyl (C=O) groups is 1. The Morgan fingerprint density at radius 2 is 2.07 bits per heavy atom. The molecule has 0 aliphatic heterocycles. The summed E-state index contributed by atoms with van der Waals surface area (Å²) in [5.74, 6) is 0.995. The molecule has 2 N–H and O–H groups in total. The van der Waals surface area contributed by atoms with Crippen molar-refractivity contribution in [2.45, 2.75) is 45.4 Å².